The van der Waals surface area contributed by atoms with Crippen molar-refractivity contribution in [3.05, 3.63) is 41.5 Å². The van der Waals surface area contributed by atoms with Gasteiger partial charge in [0.15, 0.2) is 0 Å². The summed E-state index contributed by atoms with van der Waals surface area (Å²) in [6.45, 7) is 7.80. The van der Waals surface area contributed by atoms with Crippen molar-refractivity contribution in [1.82, 2.24) is 0 Å². The number of aryl methyl sites for hydroxylation is 2. The van der Waals surface area contributed by atoms with E-state index in [0.717, 1.165) is 5.56 Å². The number of nitrogens with two attached hydrogens (primary N) is 1. The van der Waals surface area contributed by atoms with Crippen LogP contribution in [0, 0.1) is 13.8 Å². The highest BCUT2D eigenvalue weighted by molar-refractivity contribution is 5.63. The minimum Gasteiger partial charge on any atom is -0.399 e. The summed E-state index contributed by atoms with van der Waals surface area (Å²) in [6.07, 6.45) is 0. The predicted octanol–water partition coefficient (Wildman–Crippen LogP) is 2.48. The van der Waals surface area contributed by atoms with Crippen molar-refractivity contribution in [3.63, 3.8) is 0 Å². The minimum absolute atomic E-state index is 0. The molecule has 0 spiro atoms. The molecule has 0 bridgehead atoms. The zero-order valence-corrected chi connectivity index (χ0v) is 7.02. The van der Waals surface area contributed by atoms with Gasteiger partial charge in [0.1, 0.15) is 0 Å². The van der Waals surface area contributed by atoms with Gasteiger partial charge in [-0.2, -0.15) is 0 Å². The normalized spacial score (nSPS) is 9.64. The maximum atomic E-state index is 5.57. The van der Waals surface area contributed by atoms with Gasteiger partial charge >= 0.3 is 0 Å². The fraction of sp³-hybridized carbons (Fsp3) is 0.200. The molecule has 1 rings (SSSR count). The highest BCUT2D eigenvalue weighted by Crippen LogP contribution is 2.14. The van der Waals surface area contributed by atoms with E-state index in [2.05, 4.69) is 19.6 Å². The van der Waals surface area contributed by atoms with E-state index in [1.54, 1.807) is 0 Å². The van der Waals surface area contributed by atoms with Crippen LogP contribution in [0.3, 0.4) is 0 Å². The average Bonchev–Trinajstić information content (AvgIpc) is 1.85. The Morgan fingerprint density at radius 3 is 2.55 bits per heavy atom. The van der Waals surface area contributed by atoms with Crippen molar-refractivity contribution >= 4 is 5.70 Å². The molecule has 0 aliphatic heterocycles. The largest absolute Gasteiger partial charge is 0.399 e. The van der Waals surface area contributed by atoms with Crippen LogP contribution in [0.1, 0.15) is 18.1 Å². The van der Waals surface area contributed by atoms with Crippen molar-refractivity contribution in [3.8, 4) is 0 Å². The van der Waals surface area contributed by atoms with E-state index in [1.165, 1.54) is 11.1 Å². The maximum absolute atomic E-state index is 5.57. The first kappa shape index (κ1) is 7.86. The molecule has 0 aliphatic rings. The van der Waals surface area contributed by atoms with E-state index in [1.807, 2.05) is 19.1 Å². The summed E-state index contributed by atoms with van der Waals surface area (Å²) in [4.78, 5) is 0. The molecule has 0 amide bonds. The summed E-state index contributed by atoms with van der Waals surface area (Å²) in [6, 6.07) is 6.15. The van der Waals surface area contributed by atoms with Gasteiger partial charge in [-0.1, -0.05) is 30.3 Å². The molecule has 0 heterocycles. The van der Waals surface area contributed by atoms with Crippen molar-refractivity contribution < 1.29 is 1.43 Å². The second-order valence-corrected chi connectivity index (χ2v) is 2.84. The van der Waals surface area contributed by atoms with Crippen LogP contribution in [0.2, 0.25) is 0 Å². The first-order valence-electron chi connectivity index (χ1n) is 3.63. The topological polar surface area (TPSA) is 26.0 Å². The first-order valence-corrected chi connectivity index (χ1v) is 3.63. The summed E-state index contributed by atoms with van der Waals surface area (Å²) in [5, 5.41) is 0. The van der Waals surface area contributed by atoms with Crippen molar-refractivity contribution in [2.45, 2.75) is 13.8 Å². The van der Waals surface area contributed by atoms with E-state index < -0.39 is 0 Å². The van der Waals surface area contributed by atoms with Crippen LogP contribution in [-0.2, 0) is 0 Å². The van der Waals surface area contributed by atoms with Crippen molar-refractivity contribution in [1.29, 1.82) is 0 Å². The molecule has 11 heavy (non-hydrogen) atoms. The lowest BCUT2D eigenvalue weighted by Gasteiger charge is -2.04. The fourth-order valence-corrected chi connectivity index (χ4v) is 1.17. The molecular formula is C10H15N. The molecule has 0 radical (unpaired) electrons. The number of benzene rings is 1. The molecule has 0 saturated heterocycles. The number of rotatable bonds is 1. The first-order chi connectivity index (χ1) is 5.11. The molecule has 0 aliphatic carbocycles. The van der Waals surface area contributed by atoms with Crippen LogP contribution >= 0.6 is 0 Å². The van der Waals surface area contributed by atoms with E-state index in [0.29, 0.717) is 5.70 Å². The molecule has 1 heteroatoms. The second-order valence-electron chi connectivity index (χ2n) is 2.84. The van der Waals surface area contributed by atoms with Gasteiger partial charge in [-0.3, -0.25) is 0 Å². The van der Waals surface area contributed by atoms with Gasteiger partial charge in [0, 0.05) is 7.12 Å². The predicted molar refractivity (Wildman–Crippen MR) is 51.3 cm³/mol. The lowest BCUT2D eigenvalue weighted by Crippen LogP contribution is -1.96. The van der Waals surface area contributed by atoms with Gasteiger partial charge in [-0.25, -0.2) is 0 Å². The zero-order valence-electron chi connectivity index (χ0n) is 7.02. The Morgan fingerprint density at radius 1 is 1.45 bits per heavy atom. The standard InChI is InChI=1S/C10H13N.H2/c1-7-4-5-10(9(3)11)8(2)6-7;/h4-6H,3,11H2,1-2H3;1H. The average molecular weight is 149 g/mol. The van der Waals surface area contributed by atoms with E-state index >= 15 is 0 Å². The van der Waals surface area contributed by atoms with E-state index in [9.17, 15) is 0 Å². The zero-order chi connectivity index (χ0) is 8.43. The quantitative estimate of drug-likeness (QED) is 0.652. The lowest BCUT2D eigenvalue weighted by molar-refractivity contribution is 1.34. The molecule has 0 aromatic heterocycles. The van der Waals surface area contributed by atoms with Gasteiger partial charge < -0.3 is 5.73 Å². The van der Waals surface area contributed by atoms with Gasteiger partial charge in [-0.15, -0.1) is 0 Å². The monoisotopic (exact) mass is 149 g/mol. The van der Waals surface area contributed by atoms with Crippen LogP contribution in [0.4, 0.5) is 0 Å². The van der Waals surface area contributed by atoms with Crippen molar-refractivity contribution in [2.75, 3.05) is 0 Å². The van der Waals surface area contributed by atoms with Crippen LogP contribution in [0.5, 0.6) is 0 Å². The SMILES string of the molecule is C=C(N)c1ccc(C)cc1C.[HH]. The third kappa shape index (κ3) is 1.61. The van der Waals surface area contributed by atoms with E-state index in [4.69, 9.17) is 5.73 Å². The number of hydrogen-bond donors (Lipinski definition) is 1. The summed E-state index contributed by atoms with van der Waals surface area (Å²) < 4.78 is 0. The van der Waals surface area contributed by atoms with E-state index in [-0.39, 0.29) is 1.43 Å². The molecule has 0 atom stereocenters. The highest BCUT2D eigenvalue weighted by Gasteiger charge is 1.97. The lowest BCUT2D eigenvalue weighted by atomic mass is 10.0. The van der Waals surface area contributed by atoms with Gasteiger partial charge in [0.25, 0.3) is 0 Å². The Hall–Kier alpha value is -1.24. The fourth-order valence-electron chi connectivity index (χ4n) is 1.17. The van der Waals surface area contributed by atoms with Gasteiger partial charge in [0.2, 0.25) is 0 Å². The molecule has 1 aromatic carbocycles. The summed E-state index contributed by atoms with van der Waals surface area (Å²) in [7, 11) is 0. The Balaban J connectivity index is 0.00000121. The Bertz CT molecular complexity index is 292. The summed E-state index contributed by atoms with van der Waals surface area (Å²) in [5.74, 6) is 0. The minimum atomic E-state index is 0. The molecule has 0 saturated carbocycles. The Kier molecular flexibility index (Phi) is 1.99. The maximum Gasteiger partial charge on any atom is 0.0317 e. The summed E-state index contributed by atoms with van der Waals surface area (Å²) >= 11 is 0. The summed E-state index contributed by atoms with van der Waals surface area (Å²) in [5.41, 5.74) is 9.71. The van der Waals surface area contributed by atoms with Crippen molar-refractivity contribution in [2.24, 2.45) is 5.73 Å². The van der Waals surface area contributed by atoms with Crippen LogP contribution in [0.25, 0.3) is 5.70 Å². The molecule has 1 aromatic rings. The molecule has 0 unspecified atom stereocenters. The van der Waals surface area contributed by atoms with Gasteiger partial charge in [0.05, 0.1) is 0 Å². The van der Waals surface area contributed by atoms with Gasteiger partial charge in [-0.05, 0) is 25.0 Å². The number of hydrogen-bond acceptors (Lipinski definition) is 1. The molecular weight excluding hydrogens is 134 g/mol. The third-order valence-electron chi connectivity index (χ3n) is 1.73. The van der Waals surface area contributed by atoms with Crippen LogP contribution in [-0.4, -0.2) is 0 Å². The van der Waals surface area contributed by atoms with Crippen LogP contribution < -0.4 is 5.73 Å². The highest BCUT2D eigenvalue weighted by atomic mass is 14.6. The molecule has 0 fully saturated rings. The Morgan fingerprint density at radius 2 is 2.09 bits per heavy atom. The molecule has 60 valence electrons. The Labute approximate surface area is 69.0 Å². The van der Waals surface area contributed by atoms with Crippen LogP contribution in [0.15, 0.2) is 24.8 Å². The third-order valence-corrected chi connectivity index (χ3v) is 1.73. The molecule has 2 N–H and O–H groups in total. The second kappa shape index (κ2) is 2.79. The molecule has 1 nitrogen and oxygen atoms in total. The smallest absolute Gasteiger partial charge is 0.0317 e.